The first-order valence-electron chi connectivity index (χ1n) is 13.1. The highest BCUT2D eigenvalue weighted by atomic mass is 16.6. The summed E-state index contributed by atoms with van der Waals surface area (Å²) in [7, 11) is 0. The zero-order chi connectivity index (χ0) is 26.2. The third-order valence-electron chi connectivity index (χ3n) is 10.7. The Hall–Kier alpha value is -2.67. The maximum atomic E-state index is 13.6. The summed E-state index contributed by atoms with van der Waals surface area (Å²) in [4.78, 5) is 41.3. The summed E-state index contributed by atoms with van der Waals surface area (Å²) in [5.74, 6) is -0.511. The maximum absolute atomic E-state index is 13.6. The van der Waals surface area contributed by atoms with E-state index in [1.165, 1.54) is 0 Å². The Labute approximate surface area is 213 Å². The molecule has 1 aromatic rings. The molecule has 0 radical (unpaired) electrons. The van der Waals surface area contributed by atoms with E-state index in [9.17, 15) is 19.5 Å². The molecule has 0 saturated heterocycles. The Bertz CT molecular complexity index is 1150. The number of aliphatic hydroxyl groups excluding tert-OH is 1. The van der Waals surface area contributed by atoms with Gasteiger partial charge in [-0.3, -0.25) is 9.59 Å². The van der Waals surface area contributed by atoms with Gasteiger partial charge in [-0.05, 0) is 60.6 Å². The molecule has 2 bridgehead atoms. The second-order valence-corrected chi connectivity index (χ2v) is 12.3. The SMILES string of the molecule is C=C[C@]1(C)C[C@@H](OC(=O)N2Cc3ccc(N)cc3C2=O)[C@@]2(C)C3C(=O)CC[C@@]3(CC[C@H]2C)[C@@H](C)[C@@H]1O. The van der Waals surface area contributed by atoms with Gasteiger partial charge in [0.1, 0.15) is 11.9 Å². The van der Waals surface area contributed by atoms with Gasteiger partial charge in [0.25, 0.3) is 5.91 Å². The Morgan fingerprint density at radius 3 is 2.67 bits per heavy atom. The second kappa shape index (κ2) is 8.17. The van der Waals surface area contributed by atoms with Crippen LogP contribution in [-0.4, -0.2) is 40.0 Å². The minimum Gasteiger partial charge on any atom is -0.445 e. The molecule has 1 unspecified atom stereocenters. The predicted octanol–water partition coefficient (Wildman–Crippen LogP) is 4.72. The smallest absolute Gasteiger partial charge is 0.417 e. The zero-order valence-corrected chi connectivity index (χ0v) is 21.8. The number of anilines is 1. The van der Waals surface area contributed by atoms with Gasteiger partial charge in [0, 0.05) is 34.4 Å². The van der Waals surface area contributed by atoms with Crippen LogP contribution in [0, 0.1) is 34.0 Å². The fourth-order valence-electron chi connectivity index (χ4n) is 8.15. The van der Waals surface area contributed by atoms with Crippen LogP contribution in [0.4, 0.5) is 10.5 Å². The number of ether oxygens (including phenoxy) is 1. The molecule has 1 aliphatic heterocycles. The van der Waals surface area contributed by atoms with E-state index in [0.29, 0.717) is 24.1 Å². The fraction of sp³-hybridized carbons (Fsp3) is 0.621. The van der Waals surface area contributed by atoms with Crippen molar-refractivity contribution in [3.8, 4) is 0 Å². The number of nitrogen functional groups attached to an aromatic ring is 1. The van der Waals surface area contributed by atoms with Crippen LogP contribution in [0.15, 0.2) is 30.9 Å². The van der Waals surface area contributed by atoms with E-state index < -0.39 is 35.0 Å². The van der Waals surface area contributed by atoms with Crippen LogP contribution in [0.2, 0.25) is 0 Å². The van der Waals surface area contributed by atoms with Gasteiger partial charge in [0.15, 0.2) is 0 Å². The van der Waals surface area contributed by atoms with Crippen molar-refractivity contribution in [2.75, 3.05) is 5.73 Å². The Balaban J connectivity index is 1.55. The van der Waals surface area contributed by atoms with E-state index in [2.05, 4.69) is 27.4 Å². The van der Waals surface area contributed by atoms with Crippen LogP contribution in [0.3, 0.4) is 0 Å². The minimum absolute atomic E-state index is 0.0967. The summed E-state index contributed by atoms with van der Waals surface area (Å²) in [5.41, 5.74) is 5.77. The van der Waals surface area contributed by atoms with Crippen LogP contribution in [0.1, 0.15) is 75.7 Å². The molecule has 1 aromatic carbocycles. The molecule has 5 rings (SSSR count). The summed E-state index contributed by atoms with van der Waals surface area (Å²) in [6.45, 7) is 12.4. The molecule has 3 aliphatic carbocycles. The van der Waals surface area contributed by atoms with Gasteiger partial charge in [0.2, 0.25) is 0 Å². The third kappa shape index (κ3) is 3.24. The molecule has 0 spiro atoms. The maximum Gasteiger partial charge on any atom is 0.417 e. The van der Waals surface area contributed by atoms with E-state index in [-0.39, 0.29) is 35.5 Å². The van der Waals surface area contributed by atoms with E-state index in [1.54, 1.807) is 24.3 Å². The number of ketones is 1. The van der Waals surface area contributed by atoms with Gasteiger partial charge in [-0.1, -0.05) is 39.8 Å². The average Bonchev–Trinajstić information content (AvgIpc) is 3.37. The van der Waals surface area contributed by atoms with Crippen molar-refractivity contribution < 1.29 is 24.2 Å². The first-order chi connectivity index (χ1) is 16.9. The number of Topliss-reactive ketones (excluding diaryl/α,β-unsaturated/α-hetero) is 1. The molecule has 36 heavy (non-hydrogen) atoms. The van der Waals surface area contributed by atoms with Gasteiger partial charge < -0.3 is 15.6 Å². The van der Waals surface area contributed by atoms with Crippen LogP contribution < -0.4 is 5.73 Å². The van der Waals surface area contributed by atoms with Crippen LogP contribution in [0.25, 0.3) is 0 Å². The number of imide groups is 1. The van der Waals surface area contributed by atoms with Crippen molar-refractivity contribution in [3.05, 3.63) is 42.0 Å². The quantitative estimate of drug-likeness (QED) is 0.455. The lowest BCUT2D eigenvalue weighted by molar-refractivity contribution is -0.192. The van der Waals surface area contributed by atoms with Crippen molar-refractivity contribution in [2.24, 2.45) is 34.0 Å². The number of rotatable bonds is 2. The van der Waals surface area contributed by atoms with Crippen molar-refractivity contribution in [1.29, 1.82) is 0 Å². The van der Waals surface area contributed by atoms with E-state index in [4.69, 9.17) is 10.5 Å². The molecule has 194 valence electrons. The zero-order valence-electron chi connectivity index (χ0n) is 21.8. The molecule has 1 heterocycles. The number of carbonyl (C=O) groups excluding carboxylic acids is 3. The number of hydrogen-bond acceptors (Lipinski definition) is 6. The van der Waals surface area contributed by atoms with Gasteiger partial charge in [-0.2, -0.15) is 0 Å². The van der Waals surface area contributed by atoms with Gasteiger partial charge in [0.05, 0.1) is 12.6 Å². The lowest BCUT2D eigenvalue weighted by Gasteiger charge is -2.61. The minimum atomic E-state index is -0.733. The van der Waals surface area contributed by atoms with Crippen molar-refractivity contribution in [1.82, 2.24) is 4.90 Å². The molecule has 2 amide bonds. The normalized spacial score (nSPS) is 41.8. The first kappa shape index (κ1) is 25.0. The molecule has 0 aromatic heterocycles. The molecule has 7 nitrogen and oxygen atoms in total. The second-order valence-electron chi connectivity index (χ2n) is 12.3. The molecule has 3 fully saturated rings. The van der Waals surface area contributed by atoms with E-state index in [0.717, 1.165) is 29.7 Å². The fourth-order valence-corrected chi connectivity index (χ4v) is 8.15. The Kier molecular flexibility index (Phi) is 5.67. The van der Waals surface area contributed by atoms with Crippen molar-refractivity contribution in [3.63, 3.8) is 0 Å². The van der Waals surface area contributed by atoms with Crippen LogP contribution in [-0.2, 0) is 16.1 Å². The highest BCUT2D eigenvalue weighted by molar-refractivity contribution is 6.06. The number of amides is 2. The topological polar surface area (TPSA) is 110 Å². The Morgan fingerprint density at radius 1 is 1.25 bits per heavy atom. The van der Waals surface area contributed by atoms with E-state index >= 15 is 0 Å². The van der Waals surface area contributed by atoms with Crippen molar-refractivity contribution in [2.45, 2.75) is 78.6 Å². The van der Waals surface area contributed by atoms with E-state index in [1.807, 2.05) is 6.92 Å². The Morgan fingerprint density at radius 2 is 1.97 bits per heavy atom. The third-order valence-corrected chi connectivity index (χ3v) is 10.7. The molecule has 8 atom stereocenters. The molecular weight excluding hydrogens is 456 g/mol. The van der Waals surface area contributed by atoms with Gasteiger partial charge in [-0.15, -0.1) is 6.58 Å². The molecule has 7 heteroatoms. The highest BCUT2D eigenvalue weighted by Crippen LogP contribution is 2.68. The number of aliphatic hydroxyl groups is 1. The lowest BCUT2D eigenvalue weighted by atomic mass is 9.44. The summed E-state index contributed by atoms with van der Waals surface area (Å²) >= 11 is 0. The molecule has 4 aliphatic rings. The predicted molar refractivity (Wildman–Crippen MR) is 136 cm³/mol. The van der Waals surface area contributed by atoms with Crippen LogP contribution >= 0.6 is 0 Å². The molecule has 3 saturated carbocycles. The standard InChI is InChI=1S/C29H38N2O5/c1-6-27(4)14-22(36-26(35)31-15-18-7-8-19(30)13-20(18)25(31)34)28(5)16(2)9-11-29(17(3)24(27)33)12-10-21(32)23(28)29/h6-8,13,16-17,22-24,33H,1,9-12,14-15,30H2,2-5H3/t16-,17+,22-,23?,24+,27-,28+,29+/m1/s1. The summed E-state index contributed by atoms with van der Waals surface area (Å²) in [6, 6.07) is 5.06. The number of carbonyl (C=O) groups is 3. The largest absolute Gasteiger partial charge is 0.445 e. The monoisotopic (exact) mass is 494 g/mol. The average molecular weight is 495 g/mol. The van der Waals surface area contributed by atoms with Crippen LogP contribution in [0.5, 0.6) is 0 Å². The number of fused-ring (bicyclic) bond motifs is 1. The number of hydrogen-bond donors (Lipinski definition) is 2. The summed E-state index contributed by atoms with van der Waals surface area (Å²) in [6.07, 6.45) is 2.97. The van der Waals surface area contributed by atoms with Gasteiger partial charge >= 0.3 is 6.09 Å². The number of nitrogens with two attached hydrogens (primary N) is 1. The summed E-state index contributed by atoms with van der Waals surface area (Å²) < 4.78 is 6.26. The van der Waals surface area contributed by atoms with Gasteiger partial charge in [-0.25, -0.2) is 9.69 Å². The number of benzene rings is 1. The molecular formula is C29H38N2O5. The summed E-state index contributed by atoms with van der Waals surface area (Å²) in [5, 5.41) is 11.6. The number of nitrogens with zero attached hydrogens (tertiary/aromatic N) is 1. The first-order valence-corrected chi connectivity index (χ1v) is 13.1. The lowest BCUT2D eigenvalue weighted by Crippen LogP contribution is -2.63. The van der Waals surface area contributed by atoms with Crippen molar-refractivity contribution >= 4 is 23.5 Å². The molecule has 3 N–H and O–H groups in total. The highest BCUT2D eigenvalue weighted by Gasteiger charge is 2.68.